The zero-order valence-electron chi connectivity index (χ0n) is 16.1. The number of likely N-dealkylation sites (tertiary alicyclic amines) is 1. The van der Waals surface area contributed by atoms with E-state index < -0.39 is 0 Å². The van der Waals surface area contributed by atoms with Crippen LogP contribution in [0.5, 0.6) is 0 Å². The summed E-state index contributed by atoms with van der Waals surface area (Å²) in [6.45, 7) is 14.3. The summed E-state index contributed by atoms with van der Waals surface area (Å²) in [4.78, 5) is 20.8. The SMILES string of the molecule is CCNC(=NCC(C)(C)N1CCOCC1)NCCCN1CCCC1=O. The van der Waals surface area contributed by atoms with Gasteiger partial charge in [-0.25, -0.2) is 0 Å². The first-order valence-corrected chi connectivity index (χ1v) is 9.65. The minimum absolute atomic E-state index is 0.0219. The van der Waals surface area contributed by atoms with Crippen molar-refractivity contribution in [3.8, 4) is 0 Å². The van der Waals surface area contributed by atoms with Crippen LogP contribution in [-0.2, 0) is 9.53 Å². The van der Waals surface area contributed by atoms with Crippen molar-refractivity contribution >= 4 is 11.9 Å². The fourth-order valence-corrected chi connectivity index (χ4v) is 3.30. The molecule has 0 radical (unpaired) electrons. The van der Waals surface area contributed by atoms with E-state index >= 15 is 0 Å². The molecule has 1 amide bonds. The van der Waals surface area contributed by atoms with Crippen LogP contribution < -0.4 is 10.6 Å². The van der Waals surface area contributed by atoms with Gasteiger partial charge in [0, 0.05) is 51.2 Å². The monoisotopic (exact) mass is 353 g/mol. The lowest BCUT2D eigenvalue weighted by atomic mass is 10.0. The Morgan fingerprint density at radius 1 is 1.24 bits per heavy atom. The quantitative estimate of drug-likeness (QED) is 0.381. The molecule has 2 N–H and O–H groups in total. The van der Waals surface area contributed by atoms with E-state index in [0.29, 0.717) is 12.3 Å². The first kappa shape index (κ1) is 20.0. The van der Waals surface area contributed by atoms with Crippen LogP contribution in [0.2, 0.25) is 0 Å². The lowest BCUT2D eigenvalue weighted by molar-refractivity contribution is -0.127. The smallest absolute Gasteiger partial charge is 0.222 e. The highest BCUT2D eigenvalue weighted by molar-refractivity contribution is 5.80. The molecule has 2 aliphatic heterocycles. The highest BCUT2D eigenvalue weighted by atomic mass is 16.5. The molecule has 25 heavy (non-hydrogen) atoms. The zero-order valence-corrected chi connectivity index (χ0v) is 16.1. The van der Waals surface area contributed by atoms with Gasteiger partial charge < -0.3 is 20.3 Å². The topological polar surface area (TPSA) is 69.2 Å². The van der Waals surface area contributed by atoms with E-state index in [4.69, 9.17) is 9.73 Å². The van der Waals surface area contributed by atoms with Crippen LogP contribution >= 0.6 is 0 Å². The van der Waals surface area contributed by atoms with Gasteiger partial charge in [-0.15, -0.1) is 0 Å². The third kappa shape index (κ3) is 6.47. The minimum Gasteiger partial charge on any atom is -0.379 e. The molecule has 7 nitrogen and oxygen atoms in total. The summed E-state index contributed by atoms with van der Waals surface area (Å²) in [5.74, 6) is 1.16. The molecular weight excluding hydrogens is 318 g/mol. The highest BCUT2D eigenvalue weighted by Crippen LogP contribution is 2.16. The van der Waals surface area contributed by atoms with Crippen molar-refractivity contribution in [2.45, 2.75) is 45.6 Å². The number of amides is 1. The molecule has 2 saturated heterocycles. The highest BCUT2D eigenvalue weighted by Gasteiger charge is 2.28. The summed E-state index contributed by atoms with van der Waals surface area (Å²) in [5, 5.41) is 6.70. The summed E-state index contributed by atoms with van der Waals surface area (Å²) in [6.07, 6.45) is 2.67. The number of guanidine groups is 1. The Bertz CT molecular complexity index is 447. The number of ether oxygens (including phenoxy) is 1. The largest absolute Gasteiger partial charge is 0.379 e. The van der Waals surface area contributed by atoms with Crippen LogP contribution in [0.1, 0.15) is 40.0 Å². The van der Waals surface area contributed by atoms with Gasteiger partial charge in [0.15, 0.2) is 5.96 Å². The van der Waals surface area contributed by atoms with Crippen LogP contribution in [0.4, 0.5) is 0 Å². The normalized spacial score (nSPS) is 20.2. The first-order chi connectivity index (χ1) is 12.0. The van der Waals surface area contributed by atoms with E-state index in [0.717, 1.165) is 77.8 Å². The summed E-state index contributed by atoms with van der Waals surface area (Å²) < 4.78 is 5.44. The first-order valence-electron chi connectivity index (χ1n) is 9.65. The Morgan fingerprint density at radius 3 is 2.64 bits per heavy atom. The van der Waals surface area contributed by atoms with E-state index in [1.165, 1.54) is 0 Å². The third-order valence-electron chi connectivity index (χ3n) is 4.90. The number of nitrogens with one attached hydrogen (secondary N) is 2. The second kappa shape index (κ2) is 9.97. The van der Waals surface area contributed by atoms with Gasteiger partial charge in [0.25, 0.3) is 0 Å². The van der Waals surface area contributed by atoms with Crippen LogP contribution in [-0.4, -0.2) is 86.2 Å². The predicted octanol–water partition coefficient (Wildman–Crippen LogP) is 0.665. The molecule has 0 aromatic heterocycles. The molecule has 0 aromatic rings. The third-order valence-corrected chi connectivity index (χ3v) is 4.90. The maximum atomic E-state index is 11.6. The predicted molar refractivity (Wildman–Crippen MR) is 101 cm³/mol. The number of hydrogen-bond acceptors (Lipinski definition) is 4. The number of carbonyl (C=O) groups is 1. The number of carbonyl (C=O) groups excluding carboxylic acids is 1. The van der Waals surface area contributed by atoms with Gasteiger partial charge >= 0.3 is 0 Å². The second-order valence-electron chi connectivity index (χ2n) is 7.37. The Morgan fingerprint density at radius 2 is 2.00 bits per heavy atom. The van der Waals surface area contributed by atoms with E-state index in [-0.39, 0.29) is 5.54 Å². The molecule has 0 unspecified atom stereocenters. The Labute approximate surface area is 152 Å². The summed E-state index contributed by atoms with van der Waals surface area (Å²) in [7, 11) is 0. The summed E-state index contributed by atoms with van der Waals surface area (Å²) in [6, 6.07) is 0. The lowest BCUT2D eigenvalue weighted by Gasteiger charge is -2.39. The van der Waals surface area contributed by atoms with Gasteiger partial charge in [0.2, 0.25) is 5.91 Å². The number of aliphatic imine (C=N–C) groups is 1. The van der Waals surface area contributed by atoms with E-state index in [1.807, 2.05) is 4.90 Å². The molecule has 2 fully saturated rings. The number of rotatable bonds is 8. The number of hydrogen-bond donors (Lipinski definition) is 2. The van der Waals surface area contributed by atoms with Gasteiger partial charge in [-0.1, -0.05) is 0 Å². The number of nitrogens with zero attached hydrogens (tertiary/aromatic N) is 3. The molecule has 0 atom stereocenters. The Hall–Kier alpha value is -1.34. The maximum Gasteiger partial charge on any atom is 0.222 e. The molecular formula is C18H35N5O2. The second-order valence-corrected chi connectivity index (χ2v) is 7.37. The van der Waals surface area contributed by atoms with E-state index in [1.54, 1.807) is 0 Å². The molecule has 0 aliphatic carbocycles. The van der Waals surface area contributed by atoms with Gasteiger partial charge in [-0.3, -0.25) is 14.7 Å². The van der Waals surface area contributed by atoms with Crippen LogP contribution in [0.25, 0.3) is 0 Å². The summed E-state index contributed by atoms with van der Waals surface area (Å²) >= 11 is 0. The van der Waals surface area contributed by atoms with Gasteiger partial charge in [0.1, 0.15) is 0 Å². The van der Waals surface area contributed by atoms with Gasteiger partial charge in [-0.2, -0.15) is 0 Å². The average Bonchev–Trinajstić information content (AvgIpc) is 3.02. The average molecular weight is 354 g/mol. The van der Waals surface area contributed by atoms with Crippen molar-refractivity contribution in [2.24, 2.45) is 4.99 Å². The van der Waals surface area contributed by atoms with Crippen molar-refractivity contribution in [1.29, 1.82) is 0 Å². The van der Waals surface area contributed by atoms with Crippen molar-refractivity contribution in [3.05, 3.63) is 0 Å². The fraction of sp³-hybridized carbons (Fsp3) is 0.889. The van der Waals surface area contributed by atoms with E-state index in [9.17, 15) is 4.79 Å². The molecule has 0 aromatic carbocycles. The molecule has 0 spiro atoms. The zero-order chi connectivity index (χ0) is 18.1. The maximum absolute atomic E-state index is 11.6. The lowest BCUT2D eigenvalue weighted by Crippen LogP contribution is -2.52. The molecule has 0 saturated carbocycles. The molecule has 0 bridgehead atoms. The molecule has 144 valence electrons. The van der Waals surface area contributed by atoms with Crippen molar-refractivity contribution in [3.63, 3.8) is 0 Å². The van der Waals surface area contributed by atoms with Crippen molar-refractivity contribution in [1.82, 2.24) is 20.4 Å². The molecule has 7 heteroatoms. The number of morpholine rings is 1. The van der Waals surface area contributed by atoms with Crippen LogP contribution in [0, 0.1) is 0 Å². The molecule has 2 heterocycles. The van der Waals surface area contributed by atoms with Crippen molar-refractivity contribution < 1.29 is 9.53 Å². The van der Waals surface area contributed by atoms with E-state index in [2.05, 4.69) is 36.3 Å². The van der Waals surface area contributed by atoms with Crippen LogP contribution in [0.3, 0.4) is 0 Å². The molecule has 2 rings (SSSR count). The standard InChI is InChI=1S/C18H35N5O2/c1-4-19-17(20-8-6-10-22-9-5-7-16(22)24)21-15-18(2,3)23-11-13-25-14-12-23/h4-15H2,1-3H3,(H2,19,20,21). The Balaban J connectivity index is 1.75. The fourth-order valence-electron chi connectivity index (χ4n) is 3.30. The minimum atomic E-state index is 0.0219. The molecule has 2 aliphatic rings. The van der Waals surface area contributed by atoms with Crippen LogP contribution in [0.15, 0.2) is 4.99 Å². The summed E-state index contributed by atoms with van der Waals surface area (Å²) in [5.41, 5.74) is 0.0219. The van der Waals surface area contributed by atoms with Crippen molar-refractivity contribution in [2.75, 3.05) is 59.0 Å². The Kier molecular flexibility index (Phi) is 7.96. The van der Waals surface area contributed by atoms with Gasteiger partial charge in [-0.05, 0) is 33.6 Å². The van der Waals surface area contributed by atoms with Gasteiger partial charge in [0.05, 0.1) is 19.8 Å².